The highest BCUT2D eigenvalue weighted by Crippen LogP contribution is 2.38. The highest BCUT2D eigenvalue weighted by Gasteiger charge is 2.40. The molecule has 104 valence electrons. The third-order valence-electron chi connectivity index (χ3n) is 3.52. The van der Waals surface area contributed by atoms with Crippen LogP contribution in [-0.2, 0) is 9.53 Å². The lowest BCUT2D eigenvalue weighted by Gasteiger charge is -2.29. The largest absolute Gasteiger partial charge is 0.497 e. The molecule has 1 aromatic rings. The molecule has 1 unspecified atom stereocenters. The Morgan fingerprint density at radius 3 is 2.74 bits per heavy atom. The number of nitrogens with one attached hydrogen (secondary N) is 1. The van der Waals surface area contributed by atoms with E-state index in [0.717, 1.165) is 17.9 Å². The lowest BCUT2D eigenvalue weighted by molar-refractivity contribution is -0.145. The van der Waals surface area contributed by atoms with E-state index in [2.05, 4.69) is 5.32 Å². The van der Waals surface area contributed by atoms with Gasteiger partial charge in [-0.1, -0.05) is 18.9 Å². The Hall–Kier alpha value is -1.71. The van der Waals surface area contributed by atoms with E-state index in [1.165, 1.54) is 20.0 Å². The van der Waals surface area contributed by atoms with E-state index in [-0.39, 0.29) is 5.97 Å². The van der Waals surface area contributed by atoms with Gasteiger partial charge in [0.25, 0.3) is 0 Å². The Bertz CT molecular complexity index is 456. The summed E-state index contributed by atoms with van der Waals surface area (Å²) >= 11 is 0. The predicted octanol–water partition coefficient (Wildman–Crippen LogP) is 2.84. The summed E-state index contributed by atoms with van der Waals surface area (Å²) in [4.78, 5) is 12.0. The van der Waals surface area contributed by atoms with Crippen LogP contribution in [0.4, 0.5) is 5.69 Å². The lowest BCUT2D eigenvalue weighted by atomic mass is 9.94. The van der Waals surface area contributed by atoms with Gasteiger partial charge in [0.15, 0.2) is 0 Å². The van der Waals surface area contributed by atoms with Crippen LogP contribution >= 0.6 is 0 Å². The van der Waals surface area contributed by atoms with Crippen LogP contribution in [0.25, 0.3) is 0 Å². The second-order valence-corrected chi connectivity index (χ2v) is 5.33. The van der Waals surface area contributed by atoms with Crippen molar-refractivity contribution in [3.63, 3.8) is 0 Å². The van der Waals surface area contributed by atoms with Crippen LogP contribution in [0.2, 0.25) is 0 Å². The van der Waals surface area contributed by atoms with Crippen molar-refractivity contribution in [1.29, 1.82) is 0 Å². The second kappa shape index (κ2) is 5.51. The minimum atomic E-state index is -0.678. The molecule has 0 aromatic heterocycles. The third kappa shape index (κ3) is 3.40. The topological polar surface area (TPSA) is 47.6 Å². The van der Waals surface area contributed by atoms with Crippen molar-refractivity contribution >= 4 is 11.7 Å². The molecule has 0 saturated heterocycles. The van der Waals surface area contributed by atoms with Crippen LogP contribution < -0.4 is 10.1 Å². The maximum atomic E-state index is 12.0. The minimum Gasteiger partial charge on any atom is -0.497 e. The molecule has 1 fully saturated rings. The second-order valence-electron chi connectivity index (χ2n) is 5.33. The van der Waals surface area contributed by atoms with E-state index >= 15 is 0 Å². The minimum absolute atomic E-state index is 0.220. The molecule has 1 aliphatic rings. The molecule has 0 bridgehead atoms. The molecular formula is C15H21NO3. The van der Waals surface area contributed by atoms with Crippen molar-refractivity contribution in [2.45, 2.75) is 31.7 Å². The quantitative estimate of drug-likeness (QED) is 0.802. The van der Waals surface area contributed by atoms with Crippen LogP contribution in [-0.4, -0.2) is 25.7 Å². The Labute approximate surface area is 114 Å². The first-order valence-electron chi connectivity index (χ1n) is 6.58. The molecule has 2 rings (SSSR count). The zero-order valence-electron chi connectivity index (χ0n) is 11.7. The van der Waals surface area contributed by atoms with Crippen molar-refractivity contribution in [2.75, 3.05) is 19.5 Å². The number of ether oxygens (including phenoxy) is 2. The third-order valence-corrected chi connectivity index (χ3v) is 3.52. The van der Waals surface area contributed by atoms with Gasteiger partial charge in [-0.3, -0.25) is 0 Å². The van der Waals surface area contributed by atoms with Gasteiger partial charge in [0.05, 0.1) is 14.2 Å². The van der Waals surface area contributed by atoms with E-state index in [0.29, 0.717) is 5.92 Å². The van der Waals surface area contributed by atoms with Crippen LogP contribution in [0.15, 0.2) is 24.3 Å². The van der Waals surface area contributed by atoms with Gasteiger partial charge >= 0.3 is 5.97 Å². The Balaban J connectivity index is 2.16. The first-order valence-corrected chi connectivity index (χ1v) is 6.58. The van der Waals surface area contributed by atoms with Crippen molar-refractivity contribution in [2.24, 2.45) is 5.92 Å². The number of hydrogen-bond acceptors (Lipinski definition) is 4. The van der Waals surface area contributed by atoms with E-state index in [4.69, 9.17) is 9.47 Å². The summed E-state index contributed by atoms with van der Waals surface area (Å²) in [6, 6.07) is 7.59. The molecular weight excluding hydrogens is 242 g/mol. The highest BCUT2D eigenvalue weighted by molar-refractivity contribution is 5.84. The molecule has 1 N–H and O–H groups in total. The molecule has 0 radical (unpaired) electrons. The van der Waals surface area contributed by atoms with Crippen LogP contribution in [0.3, 0.4) is 0 Å². The predicted molar refractivity (Wildman–Crippen MR) is 74.4 cm³/mol. The number of rotatable bonds is 6. The monoisotopic (exact) mass is 263 g/mol. The molecule has 0 aliphatic heterocycles. The van der Waals surface area contributed by atoms with Gasteiger partial charge in [-0.05, 0) is 31.4 Å². The highest BCUT2D eigenvalue weighted by atomic mass is 16.5. The van der Waals surface area contributed by atoms with Crippen LogP contribution in [0.5, 0.6) is 5.75 Å². The fourth-order valence-electron chi connectivity index (χ4n) is 2.33. The van der Waals surface area contributed by atoms with E-state index in [1.54, 1.807) is 7.11 Å². The number of anilines is 1. The molecule has 19 heavy (non-hydrogen) atoms. The molecule has 0 heterocycles. The first kappa shape index (κ1) is 13.7. The molecule has 1 atom stereocenters. The number of esters is 1. The average molecular weight is 263 g/mol. The molecule has 4 heteroatoms. The Morgan fingerprint density at radius 2 is 2.16 bits per heavy atom. The fraction of sp³-hybridized carbons (Fsp3) is 0.533. The normalized spacial score (nSPS) is 17.4. The number of carbonyl (C=O) groups excluding carboxylic acids is 1. The zero-order chi connectivity index (χ0) is 13.9. The van der Waals surface area contributed by atoms with Gasteiger partial charge in [-0.15, -0.1) is 0 Å². The molecule has 1 saturated carbocycles. The van der Waals surface area contributed by atoms with Gasteiger partial charge in [0, 0.05) is 11.8 Å². The summed E-state index contributed by atoms with van der Waals surface area (Å²) in [6.07, 6.45) is 3.20. The molecule has 4 nitrogen and oxygen atoms in total. The average Bonchev–Trinajstić information content (AvgIpc) is 3.21. The van der Waals surface area contributed by atoms with E-state index in [1.807, 2.05) is 31.2 Å². The summed E-state index contributed by atoms with van der Waals surface area (Å²) in [5.74, 6) is 1.17. The standard InChI is InChI=1S/C15H21NO3/c1-15(14(17)19-3,10-11-7-8-11)16-12-5-4-6-13(9-12)18-2/h4-6,9,11,16H,7-8,10H2,1-3H3. The number of hydrogen-bond donors (Lipinski definition) is 1. The maximum absolute atomic E-state index is 12.0. The number of carbonyl (C=O) groups is 1. The SMILES string of the molecule is COC(=O)C(C)(CC1CC1)Nc1cccc(OC)c1. The van der Waals surface area contributed by atoms with Crippen LogP contribution in [0.1, 0.15) is 26.2 Å². The van der Waals surface area contributed by atoms with Crippen molar-refractivity contribution in [3.05, 3.63) is 24.3 Å². The molecule has 1 aromatic carbocycles. The van der Waals surface area contributed by atoms with Gasteiger partial charge in [-0.25, -0.2) is 4.79 Å². The van der Waals surface area contributed by atoms with Crippen molar-refractivity contribution in [3.8, 4) is 5.75 Å². The Kier molecular flexibility index (Phi) is 3.98. The van der Waals surface area contributed by atoms with Crippen molar-refractivity contribution < 1.29 is 14.3 Å². The molecule has 1 aliphatic carbocycles. The van der Waals surface area contributed by atoms with E-state index < -0.39 is 5.54 Å². The molecule has 0 spiro atoms. The maximum Gasteiger partial charge on any atom is 0.331 e. The lowest BCUT2D eigenvalue weighted by Crippen LogP contribution is -2.44. The number of methoxy groups -OCH3 is 2. The first-order chi connectivity index (χ1) is 9.07. The molecule has 0 amide bonds. The van der Waals surface area contributed by atoms with Crippen molar-refractivity contribution in [1.82, 2.24) is 0 Å². The van der Waals surface area contributed by atoms with Crippen LogP contribution in [0, 0.1) is 5.92 Å². The van der Waals surface area contributed by atoms with Gasteiger partial charge in [-0.2, -0.15) is 0 Å². The summed E-state index contributed by atoms with van der Waals surface area (Å²) in [7, 11) is 3.06. The zero-order valence-corrected chi connectivity index (χ0v) is 11.7. The summed E-state index contributed by atoms with van der Waals surface area (Å²) < 4.78 is 10.1. The smallest absolute Gasteiger partial charge is 0.331 e. The Morgan fingerprint density at radius 1 is 1.42 bits per heavy atom. The van der Waals surface area contributed by atoms with Gasteiger partial charge < -0.3 is 14.8 Å². The van der Waals surface area contributed by atoms with E-state index in [9.17, 15) is 4.79 Å². The van der Waals surface area contributed by atoms with Gasteiger partial charge in [0.2, 0.25) is 0 Å². The summed E-state index contributed by atoms with van der Waals surface area (Å²) in [5.41, 5.74) is 0.190. The van der Waals surface area contributed by atoms with Gasteiger partial charge in [0.1, 0.15) is 11.3 Å². The summed E-state index contributed by atoms with van der Waals surface area (Å²) in [5, 5.41) is 3.30. The summed E-state index contributed by atoms with van der Waals surface area (Å²) in [6.45, 7) is 1.90. The fourth-order valence-corrected chi connectivity index (χ4v) is 2.33. The number of benzene rings is 1.